The first-order valence-corrected chi connectivity index (χ1v) is 5.05. The fourth-order valence-electron chi connectivity index (χ4n) is 2.02. The Morgan fingerprint density at radius 3 is 3.13 bits per heavy atom. The summed E-state index contributed by atoms with van der Waals surface area (Å²) in [6.07, 6.45) is 0.783. The van der Waals surface area contributed by atoms with Crippen LogP contribution >= 0.6 is 0 Å². The first-order valence-electron chi connectivity index (χ1n) is 5.05. The SMILES string of the molecule is Cc1cc(C2CCNCC2C(=O)O)on1. The van der Waals surface area contributed by atoms with E-state index in [-0.39, 0.29) is 5.92 Å². The maximum Gasteiger partial charge on any atom is 0.308 e. The summed E-state index contributed by atoms with van der Waals surface area (Å²) < 4.78 is 5.14. The summed E-state index contributed by atoms with van der Waals surface area (Å²) >= 11 is 0. The fraction of sp³-hybridized carbons (Fsp3) is 0.600. The number of hydrogen-bond acceptors (Lipinski definition) is 4. The lowest BCUT2D eigenvalue weighted by molar-refractivity contribution is -0.143. The molecule has 0 saturated carbocycles. The van der Waals surface area contributed by atoms with Crippen molar-refractivity contribution in [2.75, 3.05) is 13.1 Å². The lowest BCUT2D eigenvalue weighted by Crippen LogP contribution is -2.39. The molecule has 0 bridgehead atoms. The van der Waals surface area contributed by atoms with E-state index < -0.39 is 11.9 Å². The summed E-state index contributed by atoms with van der Waals surface area (Å²) in [6.45, 7) is 3.16. The monoisotopic (exact) mass is 210 g/mol. The van der Waals surface area contributed by atoms with Crippen LogP contribution in [-0.2, 0) is 4.79 Å². The van der Waals surface area contributed by atoms with Crippen LogP contribution in [0.15, 0.2) is 10.6 Å². The third kappa shape index (κ3) is 2.02. The van der Waals surface area contributed by atoms with E-state index in [0.717, 1.165) is 18.7 Å². The zero-order valence-corrected chi connectivity index (χ0v) is 8.56. The highest BCUT2D eigenvalue weighted by atomic mass is 16.5. The Hall–Kier alpha value is -1.36. The van der Waals surface area contributed by atoms with Crippen molar-refractivity contribution in [1.82, 2.24) is 10.5 Å². The number of carbonyl (C=O) groups is 1. The molecule has 0 amide bonds. The zero-order valence-electron chi connectivity index (χ0n) is 8.56. The Morgan fingerprint density at radius 2 is 2.53 bits per heavy atom. The van der Waals surface area contributed by atoms with E-state index in [1.165, 1.54) is 0 Å². The summed E-state index contributed by atoms with van der Waals surface area (Å²) in [5.41, 5.74) is 0.799. The lowest BCUT2D eigenvalue weighted by Gasteiger charge is -2.27. The standard InChI is InChI=1S/C10H14N2O3/c1-6-4-9(15-12-6)7-2-3-11-5-8(7)10(13)14/h4,7-8,11H,2-3,5H2,1H3,(H,13,14). The number of nitrogens with one attached hydrogen (secondary N) is 1. The van der Waals surface area contributed by atoms with Gasteiger partial charge < -0.3 is 14.9 Å². The molecule has 2 unspecified atom stereocenters. The zero-order chi connectivity index (χ0) is 10.8. The third-order valence-electron chi connectivity index (χ3n) is 2.81. The van der Waals surface area contributed by atoms with E-state index in [9.17, 15) is 4.79 Å². The van der Waals surface area contributed by atoms with Crippen LogP contribution in [0.5, 0.6) is 0 Å². The van der Waals surface area contributed by atoms with Crippen molar-refractivity contribution in [3.05, 3.63) is 17.5 Å². The highest BCUT2D eigenvalue weighted by molar-refractivity contribution is 5.71. The number of rotatable bonds is 2. The van der Waals surface area contributed by atoms with E-state index in [1.807, 2.05) is 13.0 Å². The number of aryl methyl sites for hydroxylation is 1. The number of carboxylic acids is 1. The van der Waals surface area contributed by atoms with Gasteiger partial charge in [-0.05, 0) is 19.9 Å². The van der Waals surface area contributed by atoms with E-state index in [0.29, 0.717) is 12.3 Å². The molecular formula is C10H14N2O3. The first kappa shape index (κ1) is 10.2. The Balaban J connectivity index is 2.21. The smallest absolute Gasteiger partial charge is 0.308 e. The maximum atomic E-state index is 11.0. The topological polar surface area (TPSA) is 75.4 Å². The van der Waals surface area contributed by atoms with E-state index in [2.05, 4.69) is 10.5 Å². The summed E-state index contributed by atoms with van der Waals surface area (Å²) in [6, 6.07) is 1.83. The van der Waals surface area contributed by atoms with Crippen molar-refractivity contribution in [1.29, 1.82) is 0 Å². The predicted octanol–water partition coefficient (Wildman–Crippen LogP) is 0.761. The normalized spacial score (nSPS) is 26.5. The lowest BCUT2D eigenvalue weighted by atomic mass is 9.84. The van der Waals surface area contributed by atoms with Crippen molar-refractivity contribution < 1.29 is 14.4 Å². The van der Waals surface area contributed by atoms with E-state index >= 15 is 0 Å². The molecule has 0 aromatic carbocycles. The van der Waals surface area contributed by atoms with Gasteiger partial charge in [-0.25, -0.2) is 0 Å². The average molecular weight is 210 g/mol. The van der Waals surface area contributed by atoms with Crippen molar-refractivity contribution in [2.45, 2.75) is 19.3 Å². The van der Waals surface area contributed by atoms with Gasteiger partial charge in [0.15, 0.2) is 0 Å². The van der Waals surface area contributed by atoms with E-state index in [4.69, 9.17) is 9.63 Å². The fourth-order valence-corrected chi connectivity index (χ4v) is 2.02. The molecule has 1 aliphatic heterocycles. The second-order valence-electron chi connectivity index (χ2n) is 3.91. The molecule has 1 aliphatic rings. The average Bonchev–Trinajstić information content (AvgIpc) is 2.65. The number of nitrogens with zero attached hydrogens (tertiary/aromatic N) is 1. The van der Waals surface area contributed by atoms with Crippen molar-refractivity contribution >= 4 is 5.97 Å². The number of aliphatic carboxylic acids is 1. The number of aromatic nitrogens is 1. The minimum absolute atomic E-state index is 0.0510. The molecule has 0 radical (unpaired) electrons. The highest BCUT2D eigenvalue weighted by Crippen LogP contribution is 2.30. The summed E-state index contributed by atoms with van der Waals surface area (Å²) in [5.74, 6) is -0.543. The molecule has 2 atom stereocenters. The maximum absolute atomic E-state index is 11.0. The Morgan fingerprint density at radius 1 is 1.73 bits per heavy atom. The van der Waals surface area contributed by atoms with Crippen molar-refractivity contribution in [3.8, 4) is 0 Å². The molecular weight excluding hydrogens is 196 g/mol. The summed E-state index contributed by atoms with van der Waals surface area (Å²) in [7, 11) is 0. The van der Waals surface area contributed by atoms with Gasteiger partial charge in [-0.2, -0.15) is 0 Å². The molecule has 1 saturated heterocycles. The van der Waals surface area contributed by atoms with Crippen LogP contribution in [0.25, 0.3) is 0 Å². The quantitative estimate of drug-likeness (QED) is 0.753. The number of piperidine rings is 1. The largest absolute Gasteiger partial charge is 0.481 e. The minimum Gasteiger partial charge on any atom is -0.481 e. The van der Waals surface area contributed by atoms with Crippen LogP contribution in [0.4, 0.5) is 0 Å². The molecule has 0 aliphatic carbocycles. The van der Waals surface area contributed by atoms with Crippen molar-refractivity contribution in [3.63, 3.8) is 0 Å². The van der Waals surface area contributed by atoms with Gasteiger partial charge in [0.2, 0.25) is 0 Å². The first-order chi connectivity index (χ1) is 7.18. The Bertz CT molecular complexity index is 361. The van der Waals surface area contributed by atoms with Gasteiger partial charge in [0.25, 0.3) is 0 Å². The van der Waals surface area contributed by atoms with Crippen LogP contribution in [0.1, 0.15) is 23.8 Å². The molecule has 5 nitrogen and oxygen atoms in total. The molecule has 2 heterocycles. The van der Waals surface area contributed by atoms with Crippen LogP contribution < -0.4 is 5.32 Å². The van der Waals surface area contributed by atoms with Gasteiger partial charge >= 0.3 is 5.97 Å². The van der Waals surface area contributed by atoms with Gasteiger partial charge in [-0.3, -0.25) is 4.79 Å². The summed E-state index contributed by atoms with van der Waals surface area (Å²) in [4.78, 5) is 11.0. The summed E-state index contributed by atoms with van der Waals surface area (Å²) in [5, 5.41) is 16.0. The van der Waals surface area contributed by atoms with Crippen LogP contribution in [0.3, 0.4) is 0 Å². The van der Waals surface area contributed by atoms with Gasteiger partial charge in [-0.15, -0.1) is 0 Å². The van der Waals surface area contributed by atoms with Gasteiger partial charge in [0.1, 0.15) is 5.76 Å². The molecule has 1 aromatic rings. The number of carboxylic acid groups (broad SMARTS) is 1. The Labute approximate surface area is 87.5 Å². The van der Waals surface area contributed by atoms with Gasteiger partial charge in [0, 0.05) is 18.5 Å². The minimum atomic E-state index is -0.777. The predicted molar refractivity (Wildman–Crippen MR) is 52.6 cm³/mol. The van der Waals surface area contributed by atoms with E-state index in [1.54, 1.807) is 0 Å². The second kappa shape index (κ2) is 4.02. The molecule has 15 heavy (non-hydrogen) atoms. The molecule has 82 valence electrons. The van der Waals surface area contributed by atoms with Gasteiger partial charge in [-0.1, -0.05) is 5.16 Å². The molecule has 0 spiro atoms. The second-order valence-corrected chi connectivity index (χ2v) is 3.91. The van der Waals surface area contributed by atoms with Crippen LogP contribution in [-0.4, -0.2) is 29.3 Å². The third-order valence-corrected chi connectivity index (χ3v) is 2.81. The van der Waals surface area contributed by atoms with Gasteiger partial charge in [0.05, 0.1) is 11.6 Å². The van der Waals surface area contributed by atoms with Crippen molar-refractivity contribution in [2.24, 2.45) is 5.92 Å². The number of hydrogen-bond donors (Lipinski definition) is 2. The molecule has 2 rings (SSSR count). The van der Waals surface area contributed by atoms with Crippen LogP contribution in [0.2, 0.25) is 0 Å². The molecule has 1 aromatic heterocycles. The molecule has 5 heteroatoms. The Kier molecular flexibility index (Phi) is 2.73. The van der Waals surface area contributed by atoms with Crippen LogP contribution in [0, 0.1) is 12.8 Å². The highest BCUT2D eigenvalue weighted by Gasteiger charge is 2.34. The molecule has 2 N–H and O–H groups in total. The molecule has 1 fully saturated rings.